The van der Waals surface area contributed by atoms with Crippen LogP contribution in [0.2, 0.25) is 0 Å². The second kappa shape index (κ2) is 6.23. The fourth-order valence-electron chi connectivity index (χ4n) is 1.86. The molecule has 0 aliphatic heterocycles. The molecule has 2 heteroatoms. The monoisotopic (exact) mass is 218 g/mol. The van der Waals surface area contributed by atoms with Crippen LogP contribution in [0.25, 0.3) is 0 Å². The van der Waals surface area contributed by atoms with E-state index in [1.54, 1.807) is 0 Å². The number of unbranched alkanes of at least 4 members (excludes halogenated alkanes) is 2. The van der Waals surface area contributed by atoms with E-state index < -0.39 is 0 Å². The average Bonchev–Trinajstić information content (AvgIpc) is 2.14. The number of thioether (sulfide) groups is 1. The maximum Gasteiger partial charge on any atom is 0.0581 e. The Hall–Kier alpha value is 0.700. The minimum Gasteiger partial charge on any atom is -0.162 e. The SMILES string of the molecule is CCCCCSC1(S)CCCCC1. The maximum absolute atomic E-state index is 4.82. The van der Waals surface area contributed by atoms with E-state index in [2.05, 4.69) is 18.7 Å². The molecular formula is C11H22S2. The van der Waals surface area contributed by atoms with Crippen LogP contribution in [0.3, 0.4) is 0 Å². The lowest BCUT2D eigenvalue weighted by molar-refractivity contribution is 0.492. The molecule has 0 N–H and O–H groups in total. The van der Waals surface area contributed by atoms with Gasteiger partial charge in [0.05, 0.1) is 4.08 Å². The number of thiol groups is 1. The first-order valence-corrected chi connectivity index (χ1v) is 7.06. The molecule has 0 unspecified atom stereocenters. The molecule has 13 heavy (non-hydrogen) atoms. The van der Waals surface area contributed by atoms with Crippen molar-refractivity contribution >= 4 is 24.4 Å². The Balaban J connectivity index is 2.10. The largest absolute Gasteiger partial charge is 0.162 e. The standard InChI is InChI=1S/C11H22S2/c1-2-3-7-10-13-11(12)8-5-4-6-9-11/h12H,2-10H2,1H3. The normalized spacial score (nSPS) is 21.7. The van der Waals surface area contributed by atoms with Crippen molar-refractivity contribution in [2.75, 3.05) is 5.75 Å². The van der Waals surface area contributed by atoms with Gasteiger partial charge in [-0.3, -0.25) is 0 Å². The molecule has 0 aromatic carbocycles. The summed E-state index contributed by atoms with van der Waals surface area (Å²) in [4.78, 5) is 0. The number of hydrogen-bond acceptors (Lipinski definition) is 2. The van der Waals surface area contributed by atoms with Crippen LogP contribution in [0.15, 0.2) is 0 Å². The summed E-state index contributed by atoms with van der Waals surface area (Å²) in [6.45, 7) is 2.27. The van der Waals surface area contributed by atoms with Gasteiger partial charge in [-0.15, -0.1) is 11.8 Å². The quantitative estimate of drug-likeness (QED) is 0.403. The second-order valence-electron chi connectivity index (χ2n) is 4.06. The summed E-state index contributed by atoms with van der Waals surface area (Å²) in [6, 6.07) is 0. The zero-order valence-corrected chi connectivity index (χ0v) is 10.4. The smallest absolute Gasteiger partial charge is 0.0581 e. The van der Waals surface area contributed by atoms with Gasteiger partial charge in [-0.1, -0.05) is 39.0 Å². The van der Waals surface area contributed by atoms with Gasteiger partial charge in [-0.25, -0.2) is 0 Å². The Morgan fingerprint density at radius 1 is 1.15 bits per heavy atom. The fourth-order valence-corrected chi connectivity index (χ4v) is 3.76. The molecule has 0 spiro atoms. The lowest BCUT2D eigenvalue weighted by Crippen LogP contribution is -2.20. The van der Waals surface area contributed by atoms with Crippen molar-refractivity contribution in [3.8, 4) is 0 Å². The molecule has 0 bridgehead atoms. The third kappa shape index (κ3) is 4.64. The first kappa shape index (κ1) is 11.8. The zero-order valence-electron chi connectivity index (χ0n) is 8.72. The van der Waals surface area contributed by atoms with Crippen LogP contribution in [0.5, 0.6) is 0 Å². The first-order valence-electron chi connectivity index (χ1n) is 5.63. The van der Waals surface area contributed by atoms with Gasteiger partial charge in [-0.05, 0) is 25.0 Å². The van der Waals surface area contributed by atoms with Crippen molar-refractivity contribution < 1.29 is 0 Å². The van der Waals surface area contributed by atoms with Crippen LogP contribution in [-0.2, 0) is 0 Å². The van der Waals surface area contributed by atoms with Crippen LogP contribution in [0.4, 0.5) is 0 Å². The fraction of sp³-hybridized carbons (Fsp3) is 1.00. The molecule has 1 saturated carbocycles. The highest BCUT2D eigenvalue weighted by Crippen LogP contribution is 2.43. The first-order chi connectivity index (χ1) is 6.27. The van der Waals surface area contributed by atoms with Crippen molar-refractivity contribution in [2.24, 2.45) is 0 Å². The summed E-state index contributed by atoms with van der Waals surface area (Å²) >= 11 is 6.92. The van der Waals surface area contributed by atoms with Gasteiger partial charge in [-0.2, -0.15) is 12.6 Å². The molecule has 1 aliphatic rings. The molecule has 0 atom stereocenters. The predicted octanol–water partition coefficient (Wildman–Crippen LogP) is 4.50. The summed E-state index contributed by atoms with van der Waals surface area (Å²) in [6.07, 6.45) is 11.0. The highest BCUT2D eigenvalue weighted by Gasteiger charge is 2.27. The van der Waals surface area contributed by atoms with Crippen LogP contribution >= 0.6 is 24.4 Å². The lowest BCUT2D eigenvalue weighted by atomic mass is 10.00. The Kier molecular flexibility index (Phi) is 5.65. The lowest BCUT2D eigenvalue weighted by Gasteiger charge is -2.31. The van der Waals surface area contributed by atoms with E-state index >= 15 is 0 Å². The van der Waals surface area contributed by atoms with Gasteiger partial charge in [0.15, 0.2) is 0 Å². The van der Waals surface area contributed by atoms with Crippen molar-refractivity contribution in [3.63, 3.8) is 0 Å². The minimum absolute atomic E-state index is 0.339. The Morgan fingerprint density at radius 3 is 2.46 bits per heavy atom. The highest BCUT2D eigenvalue weighted by molar-refractivity contribution is 8.11. The van der Waals surface area contributed by atoms with E-state index in [1.165, 1.54) is 57.1 Å². The van der Waals surface area contributed by atoms with Gasteiger partial charge in [0, 0.05) is 0 Å². The molecule has 1 rings (SSSR count). The minimum atomic E-state index is 0.339. The zero-order chi connectivity index (χ0) is 9.57. The van der Waals surface area contributed by atoms with E-state index in [4.69, 9.17) is 12.6 Å². The molecular weight excluding hydrogens is 196 g/mol. The maximum atomic E-state index is 4.82. The van der Waals surface area contributed by atoms with Gasteiger partial charge >= 0.3 is 0 Å². The van der Waals surface area contributed by atoms with Gasteiger partial charge in [0.2, 0.25) is 0 Å². The summed E-state index contributed by atoms with van der Waals surface area (Å²) in [7, 11) is 0. The van der Waals surface area contributed by atoms with Gasteiger partial charge < -0.3 is 0 Å². The summed E-state index contributed by atoms with van der Waals surface area (Å²) in [5, 5.41) is 0. The molecule has 0 aromatic rings. The number of hydrogen-bond donors (Lipinski definition) is 1. The van der Waals surface area contributed by atoms with Gasteiger partial charge in [0.25, 0.3) is 0 Å². The summed E-state index contributed by atoms with van der Waals surface area (Å²) in [5.74, 6) is 1.32. The summed E-state index contributed by atoms with van der Waals surface area (Å²) < 4.78 is 0.339. The second-order valence-corrected chi connectivity index (χ2v) is 6.70. The van der Waals surface area contributed by atoms with Crippen molar-refractivity contribution in [1.29, 1.82) is 0 Å². The molecule has 78 valence electrons. The predicted molar refractivity (Wildman–Crippen MR) is 66.8 cm³/mol. The van der Waals surface area contributed by atoms with E-state index in [0.717, 1.165) is 0 Å². The molecule has 1 aliphatic carbocycles. The van der Waals surface area contributed by atoms with E-state index in [0.29, 0.717) is 4.08 Å². The van der Waals surface area contributed by atoms with Crippen molar-refractivity contribution in [3.05, 3.63) is 0 Å². The third-order valence-electron chi connectivity index (χ3n) is 2.75. The molecule has 1 fully saturated rings. The van der Waals surface area contributed by atoms with Crippen LogP contribution in [0.1, 0.15) is 58.3 Å². The summed E-state index contributed by atoms with van der Waals surface area (Å²) in [5.41, 5.74) is 0. The Bertz CT molecular complexity index is 128. The van der Waals surface area contributed by atoms with E-state index in [1.807, 2.05) is 0 Å². The van der Waals surface area contributed by atoms with Crippen molar-refractivity contribution in [2.45, 2.75) is 62.4 Å². The van der Waals surface area contributed by atoms with Crippen molar-refractivity contribution in [1.82, 2.24) is 0 Å². The van der Waals surface area contributed by atoms with E-state index in [-0.39, 0.29) is 0 Å². The van der Waals surface area contributed by atoms with Crippen LogP contribution in [0, 0.1) is 0 Å². The van der Waals surface area contributed by atoms with Crippen LogP contribution < -0.4 is 0 Å². The molecule has 0 heterocycles. The molecule has 0 radical (unpaired) electrons. The average molecular weight is 218 g/mol. The van der Waals surface area contributed by atoms with Crippen LogP contribution in [-0.4, -0.2) is 9.83 Å². The Labute approximate surface area is 92.7 Å². The molecule has 0 saturated heterocycles. The topological polar surface area (TPSA) is 0 Å². The van der Waals surface area contributed by atoms with Gasteiger partial charge in [0.1, 0.15) is 0 Å². The number of rotatable bonds is 5. The highest BCUT2D eigenvalue weighted by atomic mass is 32.2. The molecule has 0 amide bonds. The Morgan fingerprint density at radius 2 is 1.85 bits per heavy atom. The third-order valence-corrected chi connectivity index (χ3v) is 5.03. The molecule has 0 aromatic heterocycles. The molecule has 0 nitrogen and oxygen atoms in total. The van der Waals surface area contributed by atoms with E-state index in [9.17, 15) is 0 Å².